The highest BCUT2D eigenvalue weighted by molar-refractivity contribution is 5.94. The van der Waals surface area contributed by atoms with Crippen molar-refractivity contribution < 1.29 is 128 Å². The van der Waals surface area contributed by atoms with Gasteiger partial charge < -0.3 is 130 Å². The molecule has 25 atom stereocenters. The number of hydrogen-bond acceptors (Lipinski definition) is 26. The van der Waals surface area contributed by atoms with Crippen molar-refractivity contribution in [3.8, 4) is 5.75 Å². The Bertz CT molecular complexity index is 2400. The number of nitrogens with one attached hydrogen (secondary N) is 5. The lowest BCUT2D eigenvalue weighted by Gasteiger charge is -2.51. The lowest BCUT2D eigenvalue weighted by Crippen LogP contribution is -2.72. The van der Waals surface area contributed by atoms with Crippen molar-refractivity contribution in [3.63, 3.8) is 0 Å². The van der Waals surface area contributed by atoms with Crippen LogP contribution in [-0.2, 0) is 61.8 Å². The standard InChI is InChI=1S/C57H91N5O26/c1-7-8-9-10-11-12-13-14-15-19-79-32-18-16-17-31(20-32)53(78)62-39-44(73)43(72)33(21-63)81-54(39)86-50-35(23-65)83-56(41(46(50)75)60-29(5)70)88-52-37(25-67)84-57(42(48(52)77)61-30(6)71)87-51-36(24-66)82-55(40(47(51)76)59-28(4)69)85-49-34(22-64)80-26(2)38(45(49)74)58-27(3)68/h12-13,16-18,20,26,33-52,54-57,63-67,72-77H,7-11,14-15,19,21-25H2,1-6H3,(H,58,68)(H,59,69)(H,60,70)(H,61,71)(H,62,78)/b13-12-/t26?,33?,34?,35-,36-,37?,38?,39-,40?,41?,42-,43+,44+,45+,46?,47?,48+,49?,50+,51+,52?,54?,55?,56?,57?/m0/s1. The van der Waals surface area contributed by atoms with E-state index in [0.29, 0.717) is 18.8 Å². The van der Waals surface area contributed by atoms with Crippen LogP contribution >= 0.6 is 0 Å². The molecule has 0 aliphatic carbocycles. The lowest BCUT2D eigenvalue weighted by molar-refractivity contribution is -0.366. The number of benzene rings is 1. The number of rotatable bonds is 29. The molecule has 16 N–H and O–H groups in total. The van der Waals surface area contributed by atoms with Crippen LogP contribution in [0.5, 0.6) is 5.75 Å². The Balaban J connectivity index is 1.18. The zero-order chi connectivity index (χ0) is 64.5. The number of aliphatic hydroxyl groups excluding tert-OH is 11. The van der Waals surface area contributed by atoms with Crippen LogP contribution in [0.3, 0.4) is 0 Å². The van der Waals surface area contributed by atoms with Crippen molar-refractivity contribution in [1.29, 1.82) is 0 Å². The van der Waals surface area contributed by atoms with Gasteiger partial charge in [-0.25, -0.2) is 0 Å². The second kappa shape index (κ2) is 34.7. The number of carbonyl (C=O) groups excluding carboxylic acids is 5. The summed E-state index contributed by atoms with van der Waals surface area (Å²) in [5.41, 5.74) is 0.0635. The fourth-order valence-electron chi connectivity index (χ4n) is 11.4. The summed E-state index contributed by atoms with van der Waals surface area (Å²) in [6.07, 6.45) is -22.4. The van der Waals surface area contributed by atoms with Crippen LogP contribution in [0.4, 0.5) is 0 Å². The van der Waals surface area contributed by atoms with Gasteiger partial charge in [-0.3, -0.25) is 24.0 Å². The minimum atomic E-state index is -2.01. The zero-order valence-corrected chi connectivity index (χ0v) is 50.1. The third-order valence-corrected chi connectivity index (χ3v) is 15.8. The van der Waals surface area contributed by atoms with Crippen LogP contribution in [0.15, 0.2) is 36.4 Å². The fraction of sp³-hybridized carbons (Fsp3) is 0.772. The van der Waals surface area contributed by atoms with Gasteiger partial charge in [0, 0.05) is 33.3 Å². The van der Waals surface area contributed by atoms with Gasteiger partial charge in [0.05, 0.1) is 51.8 Å². The summed E-state index contributed by atoms with van der Waals surface area (Å²) in [6.45, 7) is 3.96. The van der Waals surface area contributed by atoms with Crippen molar-refractivity contribution in [2.75, 3.05) is 39.6 Å². The van der Waals surface area contributed by atoms with Crippen LogP contribution in [0.1, 0.15) is 96.8 Å². The number of ether oxygens (including phenoxy) is 10. The molecule has 0 aromatic heterocycles. The van der Waals surface area contributed by atoms with Gasteiger partial charge in [0.15, 0.2) is 25.2 Å². The summed E-state index contributed by atoms with van der Waals surface area (Å²) in [5.74, 6) is -3.30. The first-order valence-electron chi connectivity index (χ1n) is 29.8. The quantitative estimate of drug-likeness (QED) is 0.0263. The number of hydrogen-bond donors (Lipinski definition) is 16. The first-order valence-corrected chi connectivity index (χ1v) is 29.8. The van der Waals surface area contributed by atoms with Crippen molar-refractivity contribution in [2.24, 2.45) is 0 Å². The zero-order valence-electron chi connectivity index (χ0n) is 50.1. The summed E-state index contributed by atoms with van der Waals surface area (Å²) >= 11 is 0. The molecule has 31 heteroatoms. The van der Waals surface area contributed by atoms with E-state index in [4.69, 9.17) is 47.4 Å². The maximum atomic E-state index is 13.9. The van der Waals surface area contributed by atoms with Crippen LogP contribution < -0.4 is 31.3 Å². The van der Waals surface area contributed by atoms with Crippen molar-refractivity contribution in [1.82, 2.24) is 26.6 Å². The van der Waals surface area contributed by atoms with Gasteiger partial charge in [0.25, 0.3) is 5.91 Å². The van der Waals surface area contributed by atoms with E-state index < -0.39 is 216 Å². The molecule has 5 saturated heterocycles. The normalized spacial score (nSPS) is 37.8. The molecule has 6 rings (SSSR count). The molecule has 1 aromatic rings. The topological polar surface area (TPSA) is 460 Å². The van der Waals surface area contributed by atoms with Crippen molar-refractivity contribution >= 4 is 29.5 Å². The molecule has 5 heterocycles. The van der Waals surface area contributed by atoms with E-state index in [1.165, 1.54) is 45.2 Å². The minimum Gasteiger partial charge on any atom is -0.494 e. The highest BCUT2D eigenvalue weighted by Gasteiger charge is 2.57. The smallest absolute Gasteiger partial charge is 0.251 e. The van der Waals surface area contributed by atoms with Crippen molar-refractivity contribution in [2.45, 2.75) is 240 Å². The molecule has 500 valence electrons. The summed E-state index contributed by atoms with van der Waals surface area (Å²) in [7, 11) is 0. The maximum absolute atomic E-state index is 13.9. The first-order chi connectivity index (χ1) is 42.0. The molecule has 0 radical (unpaired) electrons. The summed E-state index contributed by atoms with van der Waals surface area (Å²) in [5, 5.41) is 135. The van der Waals surface area contributed by atoms with E-state index in [2.05, 4.69) is 45.7 Å². The summed E-state index contributed by atoms with van der Waals surface area (Å²) in [6, 6.07) is -1.61. The van der Waals surface area contributed by atoms with Gasteiger partial charge in [-0.2, -0.15) is 0 Å². The molecule has 5 amide bonds. The van der Waals surface area contributed by atoms with Gasteiger partial charge in [-0.1, -0.05) is 44.4 Å². The van der Waals surface area contributed by atoms with E-state index in [1.54, 1.807) is 12.1 Å². The van der Waals surface area contributed by atoms with E-state index >= 15 is 0 Å². The highest BCUT2D eigenvalue weighted by Crippen LogP contribution is 2.36. The first kappa shape index (κ1) is 72.4. The maximum Gasteiger partial charge on any atom is 0.251 e. The van der Waals surface area contributed by atoms with Gasteiger partial charge in [-0.05, 0) is 50.8 Å². The fourth-order valence-corrected chi connectivity index (χ4v) is 11.4. The summed E-state index contributed by atoms with van der Waals surface area (Å²) < 4.78 is 60.6. The average molecular weight is 1260 g/mol. The monoisotopic (exact) mass is 1260 g/mol. The van der Waals surface area contributed by atoms with Gasteiger partial charge in [0.2, 0.25) is 23.6 Å². The predicted molar refractivity (Wildman–Crippen MR) is 301 cm³/mol. The molecule has 88 heavy (non-hydrogen) atoms. The largest absolute Gasteiger partial charge is 0.494 e. The number of carbonyl (C=O) groups is 5. The Labute approximate surface area is 509 Å². The Morgan fingerprint density at radius 3 is 1.25 bits per heavy atom. The number of amides is 5. The number of aliphatic hydroxyl groups is 11. The predicted octanol–water partition coefficient (Wildman–Crippen LogP) is -5.16. The van der Waals surface area contributed by atoms with Crippen LogP contribution in [0.25, 0.3) is 0 Å². The van der Waals surface area contributed by atoms with E-state index in [-0.39, 0.29) is 5.56 Å². The van der Waals surface area contributed by atoms with Gasteiger partial charge in [-0.15, -0.1) is 0 Å². The molecule has 5 aliphatic heterocycles. The molecule has 0 bridgehead atoms. The highest BCUT2D eigenvalue weighted by atomic mass is 16.8. The molecule has 5 fully saturated rings. The Morgan fingerprint density at radius 1 is 0.466 bits per heavy atom. The number of allylic oxidation sites excluding steroid dienone is 2. The van der Waals surface area contributed by atoms with Crippen LogP contribution in [0.2, 0.25) is 0 Å². The van der Waals surface area contributed by atoms with Crippen molar-refractivity contribution in [3.05, 3.63) is 42.0 Å². The van der Waals surface area contributed by atoms with Gasteiger partial charge in [0.1, 0.15) is 121 Å². The summed E-state index contributed by atoms with van der Waals surface area (Å²) in [4.78, 5) is 64.3. The molecule has 1 aromatic carbocycles. The van der Waals surface area contributed by atoms with E-state index in [0.717, 1.165) is 40.0 Å². The molecular formula is C57H91N5O26. The SMILES string of the molecule is CCCCCC/C=C\CCCOc1cccc(C(=O)N[C@@H]2C(O[C@H]3C(O)C(NC(C)=O)C(OC4C(CO)OC(O[C@H]5C(O)C(NC(C)=O)C(OC6C(CO)OC(C)C(NC(C)=O)[C@H]6O)O[C@H]5CO)[C@@H](NC(C)=O)[C@H]4O)O[C@H]3CO)OC(CO)[C@@H](O)[C@@H]2O)c1. The third kappa shape index (κ3) is 18.7. The van der Waals surface area contributed by atoms with E-state index in [9.17, 15) is 80.1 Å². The Kier molecular flexibility index (Phi) is 28.5. The van der Waals surface area contributed by atoms with Gasteiger partial charge >= 0.3 is 0 Å². The molecule has 0 spiro atoms. The van der Waals surface area contributed by atoms with Crippen LogP contribution in [-0.4, -0.2) is 278 Å². The molecule has 31 nitrogen and oxygen atoms in total. The Morgan fingerprint density at radius 2 is 0.841 bits per heavy atom. The molecule has 15 unspecified atom stereocenters. The second-order valence-electron chi connectivity index (χ2n) is 22.6. The third-order valence-electron chi connectivity index (χ3n) is 15.8. The number of unbranched alkanes of at least 4 members (excludes halogenated alkanes) is 5. The Hall–Kier alpha value is -4.69. The van der Waals surface area contributed by atoms with Crippen LogP contribution in [0, 0.1) is 0 Å². The molecule has 5 aliphatic rings. The second-order valence-corrected chi connectivity index (χ2v) is 22.6. The van der Waals surface area contributed by atoms with E-state index in [1.807, 2.05) is 0 Å². The lowest BCUT2D eigenvalue weighted by atomic mass is 9.92. The molecular weight excluding hydrogens is 1170 g/mol. The molecule has 0 saturated carbocycles. The average Bonchev–Trinajstić information content (AvgIpc) is 1.44. The minimum absolute atomic E-state index is 0.0635.